The summed E-state index contributed by atoms with van der Waals surface area (Å²) in [6.45, 7) is 3.38. The number of amides is 1. The third-order valence-electron chi connectivity index (χ3n) is 2.39. The molecule has 0 bridgehead atoms. The summed E-state index contributed by atoms with van der Waals surface area (Å²) < 4.78 is 0. The molecule has 1 amide bonds. The molecule has 6 nitrogen and oxygen atoms in total. The first-order chi connectivity index (χ1) is 7.99. The van der Waals surface area contributed by atoms with E-state index in [4.69, 9.17) is 5.73 Å². The van der Waals surface area contributed by atoms with Crippen molar-refractivity contribution in [1.29, 1.82) is 0 Å². The minimum absolute atomic E-state index is 0.446. The van der Waals surface area contributed by atoms with E-state index in [9.17, 15) is 4.79 Å². The molecule has 0 atom stereocenters. The van der Waals surface area contributed by atoms with Crippen molar-refractivity contribution >= 4 is 22.9 Å². The highest BCUT2D eigenvalue weighted by atomic mass is 16.1. The van der Waals surface area contributed by atoms with Crippen LogP contribution in [-0.4, -0.2) is 26.4 Å². The molecule has 2 aromatic rings. The number of pyridine rings is 1. The van der Waals surface area contributed by atoms with Gasteiger partial charge < -0.3 is 11.1 Å². The van der Waals surface area contributed by atoms with Crippen LogP contribution in [0.4, 0.5) is 5.82 Å². The smallest absolute Gasteiger partial charge is 0.242 e. The fourth-order valence-electron chi connectivity index (χ4n) is 1.31. The van der Waals surface area contributed by atoms with Crippen molar-refractivity contribution in [3.05, 3.63) is 24.5 Å². The van der Waals surface area contributed by atoms with Gasteiger partial charge in [-0.3, -0.25) is 9.78 Å². The van der Waals surface area contributed by atoms with E-state index < -0.39 is 11.4 Å². The molecule has 0 fully saturated rings. The topological polar surface area (TPSA) is 93.8 Å². The molecule has 2 aromatic heterocycles. The quantitative estimate of drug-likeness (QED) is 0.811. The average Bonchev–Trinajstić information content (AvgIpc) is 2.28. The van der Waals surface area contributed by atoms with Crippen molar-refractivity contribution in [3.63, 3.8) is 0 Å². The Bertz CT molecular complexity index is 567. The molecule has 3 N–H and O–H groups in total. The third-order valence-corrected chi connectivity index (χ3v) is 2.39. The lowest BCUT2D eigenvalue weighted by molar-refractivity contribution is -0.121. The van der Waals surface area contributed by atoms with Crippen molar-refractivity contribution in [2.75, 3.05) is 5.32 Å². The van der Waals surface area contributed by atoms with Gasteiger partial charge in [0, 0.05) is 12.4 Å². The predicted octanol–water partition coefficient (Wildman–Crippen LogP) is 0.701. The molecule has 17 heavy (non-hydrogen) atoms. The van der Waals surface area contributed by atoms with Gasteiger partial charge in [0.2, 0.25) is 5.91 Å². The molecule has 0 aliphatic rings. The average molecular weight is 231 g/mol. The monoisotopic (exact) mass is 231 g/mol. The Labute approximate surface area is 98.3 Å². The number of nitrogens with one attached hydrogen (secondary N) is 1. The number of hydrogen-bond acceptors (Lipinski definition) is 5. The predicted molar refractivity (Wildman–Crippen MR) is 64.2 cm³/mol. The Balaban J connectivity index is 2.34. The number of primary amides is 1. The van der Waals surface area contributed by atoms with Gasteiger partial charge >= 0.3 is 0 Å². The van der Waals surface area contributed by atoms with Gasteiger partial charge in [-0.05, 0) is 26.0 Å². The van der Waals surface area contributed by atoms with E-state index in [0.717, 1.165) is 0 Å². The lowest BCUT2D eigenvalue weighted by Gasteiger charge is -2.22. The van der Waals surface area contributed by atoms with Gasteiger partial charge in [0.1, 0.15) is 16.9 Å². The van der Waals surface area contributed by atoms with Crippen LogP contribution in [-0.2, 0) is 4.79 Å². The molecule has 0 saturated carbocycles. The van der Waals surface area contributed by atoms with Gasteiger partial charge in [0.25, 0.3) is 0 Å². The number of rotatable bonds is 3. The summed E-state index contributed by atoms with van der Waals surface area (Å²) in [4.78, 5) is 23.6. The molecule has 0 aromatic carbocycles. The first kappa shape index (κ1) is 11.3. The van der Waals surface area contributed by atoms with Gasteiger partial charge in [0.15, 0.2) is 5.65 Å². The molecule has 0 aliphatic heterocycles. The summed E-state index contributed by atoms with van der Waals surface area (Å²) in [5.41, 5.74) is 5.64. The zero-order valence-corrected chi connectivity index (χ0v) is 9.64. The first-order valence-electron chi connectivity index (χ1n) is 5.15. The minimum Gasteiger partial charge on any atom is -0.368 e. The maximum Gasteiger partial charge on any atom is 0.242 e. The van der Waals surface area contributed by atoms with Gasteiger partial charge in [-0.2, -0.15) is 0 Å². The normalized spacial score (nSPS) is 11.4. The van der Waals surface area contributed by atoms with E-state index in [1.807, 2.05) is 0 Å². The molecule has 0 saturated heterocycles. The molecular weight excluding hydrogens is 218 g/mol. The highest BCUT2D eigenvalue weighted by Gasteiger charge is 2.24. The Morgan fingerprint density at radius 3 is 2.71 bits per heavy atom. The molecular formula is C11H13N5O. The van der Waals surface area contributed by atoms with Crippen molar-refractivity contribution in [2.45, 2.75) is 19.4 Å². The number of fused-ring (bicyclic) bond motifs is 1. The number of nitrogens with two attached hydrogens (primary N) is 1. The number of carbonyl (C=O) groups is 1. The molecule has 6 heteroatoms. The van der Waals surface area contributed by atoms with E-state index in [1.165, 1.54) is 0 Å². The van der Waals surface area contributed by atoms with Crippen LogP contribution >= 0.6 is 0 Å². The number of carbonyl (C=O) groups excluding carboxylic acids is 1. The van der Waals surface area contributed by atoms with Crippen LogP contribution in [0.25, 0.3) is 11.2 Å². The molecule has 88 valence electrons. The number of nitrogens with zero attached hydrogens (tertiary/aromatic N) is 3. The summed E-state index contributed by atoms with van der Waals surface area (Å²) in [5.74, 6) is 0.0975. The molecule has 0 radical (unpaired) electrons. The van der Waals surface area contributed by atoms with E-state index >= 15 is 0 Å². The standard InChI is InChI=1S/C11H13N5O/c1-11(2,10(12)17)16-8-4-3-7-9(15-8)14-6-5-13-7/h3-6H,1-2H3,(H2,12,17)(H,14,15,16). The highest BCUT2D eigenvalue weighted by molar-refractivity contribution is 5.87. The second-order valence-electron chi connectivity index (χ2n) is 4.21. The lowest BCUT2D eigenvalue weighted by atomic mass is 10.1. The summed E-state index contributed by atoms with van der Waals surface area (Å²) in [5, 5.41) is 2.96. The largest absolute Gasteiger partial charge is 0.368 e. The maximum absolute atomic E-state index is 11.2. The molecule has 0 unspecified atom stereocenters. The lowest BCUT2D eigenvalue weighted by Crippen LogP contribution is -2.45. The summed E-state index contributed by atoms with van der Waals surface area (Å²) in [6, 6.07) is 3.52. The second kappa shape index (κ2) is 3.97. The highest BCUT2D eigenvalue weighted by Crippen LogP contribution is 2.15. The number of anilines is 1. The first-order valence-corrected chi connectivity index (χ1v) is 5.15. The fourth-order valence-corrected chi connectivity index (χ4v) is 1.31. The maximum atomic E-state index is 11.2. The Morgan fingerprint density at radius 2 is 2.00 bits per heavy atom. The van der Waals surface area contributed by atoms with Crippen LogP contribution in [0.15, 0.2) is 24.5 Å². The van der Waals surface area contributed by atoms with Crippen molar-refractivity contribution in [2.24, 2.45) is 5.73 Å². The van der Waals surface area contributed by atoms with E-state index in [-0.39, 0.29) is 0 Å². The van der Waals surface area contributed by atoms with Crippen LogP contribution in [0.5, 0.6) is 0 Å². The third kappa shape index (κ3) is 2.30. The minimum atomic E-state index is -0.858. The van der Waals surface area contributed by atoms with Crippen molar-refractivity contribution < 1.29 is 4.79 Å². The SMILES string of the molecule is CC(C)(Nc1ccc2nccnc2n1)C(N)=O. The van der Waals surface area contributed by atoms with Crippen LogP contribution in [0.2, 0.25) is 0 Å². The van der Waals surface area contributed by atoms with E-state index in [1.54, 1.807) is 38.4 Å². The van der Waals surface area contributed by atoms with Crippen LogP contribution in [0.1, 0.15) is 13.8 Å². The summed E-state index contributed by atoms with van der Waals surface area (Å²) >= 11 is 0. The molecule has 0 aliphatic carbocycles. The number of aromatic nitrogens is 3. The van der Waals surface area contributed by atoms with Crippen molar-refractivity contribution in [1.82, 2.24) is 15.0 Å². The molecule has 2 heterocycles. The zero-order valence-electron chi connectivity index (χ0n) is 9.64. The van der Waals surface area contributed by atoms with Crippen molar-refractivity contribution in [3.8, 4) is 0 Å². The second-order valence-corrected chi connectivity index (χ2v) is 4.21. The Kier molecular flexibility index (Phi) is 2.63. The molecule has 0 spiro atoms. The summed E-state index contributed by atoms with van der Waals surface area (Å²) in [7, 11) is 0. The van der Waals surface area contributed by atoms with Gasteiger partial charge in [0.05, 0.1) is 0 Å². The van der Waals surface area contributed by atoms with Gasteiger partial charge in [-0.15, -0.1) is 0 Å². The van der Waals surface area contributed by atoms with E-state index in [0.29, 0.717) is 17.0 Å². The van der Waals surface area contributed by atoms with Gasteiger partial charge in [-0.1, -0.05) is 0 Å². The van der Waals surface area contributed by atoms with Crippen LogP contribution in [0.3, 0.4) is 0 Å². The Hall–Kier alpha value is -2.24. The van der Waals surface area contributed by atoms with E-state index in [2.05, 4.69) is 20.3 Å². The van der Waals surface area contributed by atoms with Gasteiger partial charge in [-0.25, -0.2) is 9.97 Å². The Morgan fingerprint density at radius 1 is 1.29 bits per heavy atom. The summed E-state index contributed by atoms with van der Waals surface area (Å²) in [6.07, 6.45) is 3.17. The molecule has 2 rings (SSSR count). The van der Waals surface area contributed by atoms with Crippen LogP contribution in [0, 0.1) is 0 Å². The van der Waals surface area contributed by atoms with Crippen LogP contribution < -0.4 is 11.1 Å². The zero-order chi connectivity index (χ0) is 12.5. The fraction of sp³-hybridized carbons (Fsp3) is 0.273. The number of hydrogen-bond donors (Lipinski definition) is 2.